The second-order valence-electron chi connectivity index (χ2n) is 9.38. The molecule has 5 heterocycles. The van der Waals surface area contributed by atoms with E-state index in [2.05, 4.69) is 34.6 Å². The first-order valence-corrected chi connectivity index (χ1v) is 12.4. The van der Waals surface area contributed by atoms with Crippen molar-refractivity contribution in [1.82, 2.24) is 44.3 Å². The molecular weight excluding hydrogens is 470 g/mol. The fraction of sp³-hybridized carbons (Fsp3) is 0.269. The molecule has 0 amide bonds. The number of piperazine rings is 1. The van der Waals surface area contributed by atoms with Crippen LogP contribution in [0, 0.1) is 0 Å². The van der Waals surface area contributed by atoms with Crippen molar-refractivity contribution in [2.75, 3.05) is 32.7 Å². The third-order valence-electron chi connectivity index (χ3n) is 7.02. The maximum atomic E-state index is 12.9. The number of fused-ring (bicyclic) bond motifs is 4. The molecule has 1 fully saturated rings. The summed E-state index contributed by atoms with van der Waals surface area (Å²) >= 11 is 0. The number of hydrogen-bond donors (Lipinski definition) is 1. The zero-order valence-electron chi connectivity index (χ0n) is 20.1. The zero-order valence-corrected chi connectivity index (χ0v) is 20.1. The number of para-hydroxylation sites is 1. The van der Waals surface area contributed by atoms with Crippen molar-refractivity contribution in [1.29, 1.82) is 0 Å². The van der Waals surface area contributed by atoms with Crippen LogP contribution in [0.2, 0.25) is 0 Å². The number of furan rings is 1. The SMILES string of the molecule is O=c1[nH]c(CN2CCN(CCn3ccnc3)CC2)nc2c1oc1ccc(-n3nnc4ccccc43)cc12. The van der Waals surface area contributed by atoms with Crippen molar-refractivity contribution in [3.05, 3.63) is 77.4 Å². The molecule has 2 aromatic carbocycles. The second kappa shape index (κ2) is 8.95. The van der Waals surface area contributed by atoms with E-state index in [9.17, 15) is 4.79 Å². The van der Waals surface area contributed by atoms with Gasteiger partial charge in [0.1, 0.15) is 22.4 Å². The van der Waals surface area contributed by atoms with Crippen molar-refractivity contribution < 1.29 is 4.42 Å². The molecule has 11 heteroatoms. The van der Waals surface area contributed by atoms with Gasteiger partial charge in [-0.15, -0.1) is 5.10 Å². The second-order valence-corrected chi connectivity index (χ2v) is 9.38. The highest BCUT2D eigenvalue weighted by atomic mass is 16.3. The van der Waals surface area contributed by atoms with Gasteiger partial charge < -0.3 is 14.0 Å². The average Bonchev–Trinajstić information content (AvgIpc) is 3.67. The van der Waals surface area contributed by atoms with Crippen LogP contribution in [0.4, 0.5) is 0 Å². The lowest BCUT2D eigenvalue weighted by atomic mass is 10.2. The normalized spacial score (nSPS) is 15.4. The summed E-state index contributed by atoms with van der Waals surface area (Å²) in [6, 6.07) is 13.5. The molecule has 0 unspecified atom stereocenters. The van der Waals surface area contributed by atoms with E-state index in [0.29, 0.717) is 23.5 Å². The molecule has 1 aliphatic heterocycles. The Hall–Kier alpha value is -4.35. The van der Waals surface area contributed by atoms with Crippen LogP contribution < -0.4 is 5.56 Å². The highest BCUT2D eigenvalue weighted by Crippen LogP contribution is 2.28. The van der Waals surface area contributed by atoms with Crippen LogP contribution in [0.25, 0.3) is 38.8 Å². The van der Waals surface area contributed by atoms with Gasteiger partial charge in [0.05, 0.1) is 24.1 Å². The summed E-state index contributed by atoms with van der Waals surface area (Å²) in [5, 5.41) is 9.35. The maximum Gasteiger partial charge on any atom is 0.294 e. The van der Waals surface area contributed by atoms with Crippen LogP contribution in [0.3, 0.4) is 0 Å². The zero-order chi connectivity index (χ0) is 24.8. The quantitative estimate of drug-likeness (QED) is 0.375. The van der Waals surface area contributed by atoms with Gasteiger partial charge in [0.25, 0.3) is 5.56 Å². The number of aromatic nitrogens is 7. The van der Waals surface area contributed by atoms with Gasteiger partial charge >= 0.3 is 0 Å². The lowest BCUT2D eigenvalue weighted by molar-refractivity contribution is 0.122. The molecule has 7 rings (SSSR count). The van der Waals surface area contributed by atoms with E-state index in [1.54, 1.807) is 4.68 Å². The molecule has 0 saturated carbocycles. The number of nitrogens with one attached hydrogen (secondary N) is 1. The first-order valence-electron chi connectivity index (χ1n) is 12.4. The number of imidazole rings is 1. The Labute approximate surface area is 210 Å². The minimum Gasteiger partial charge on any atom is -0.449 e. The first-order chi connectivity index (χ1) is 18.2. The van der Waals surface area contributed by atoms with Gasteiger partial charge in [-0.25, -0.2) is 14.6 Å². The molecule has 4 aromatic heterocycles. The van der Waals surface area contributed by atoms with Crippen molar-refractivity contribution in [2.45, 2.75) is 13.1 Å². The molecule has 1 aliphatic rings. The fourth-order valence-corrected chi connectivity index (χ4v) is 5.01. The Morgan fingerprint density at radius 2 is 1.86 bits per heavy atom. The Balaban J connectivity index is 1.13. The standard InChI is InChI=1S/C26H25N9O2/c36-26-25-24(19-15-18(5-6-22(19)37-25)35-21-4-2-1-3-20(21)30-31-35)28-23(29-26)16-33-12-9-32(10-13-33)11-14-34-8-7-27-17-34/h1-8,15,17H,9-14,16H2,(H,28,29,36). The molecule has 0 spiro atoms. The minimum absolute atomic E-state index is 0.240. The monoisotopic (exact) mass is 495 g/mol. The summed E-state index contributed by atoms with van der Waals surface area (Å²) in [5.41, 5.74) is 3.72. The van der Waals surface area contributed by atoms with E-state index < -0.39 is 0 Å². The average molecular weight is 496 g/mol. The molecule has 0 bridgehead atoms. The smallest absolute Gasteiger partial charge is 0.294 e. The van der Waals surface area contributed by atoms with Gasteiger partial charge in [0.2, 0.25) is 5.58 Å². The fourth-order valence-electron chi connectivity index (χ4n) is 5.01. The van der Waals surface area contributed by atoms with Crippen molar-refractivity contribution in [2.24, 2.45) is 0 Å². The van der Waals surface area contributed by atoms with E-state index in [1.807, 2.05) is 61.2 Å². The van der Waals surface area contributed by atoms with Gasteiger partial charge in [-0.2, -0.15) is 0 Å². The number of benzene rings is 2. The predicted molar refractivity (Wildman–Crippen MR) is 139 cm³/mol. The third kappa shape index (κ3) is 4.07. The van der Waals surface area contributed by atoms with E-state index in [1.165, 1.54) is 0 Å². The summed E-state index contributed by atoms with van der Waals surface area (Å²) in [7, 11) is 0. The number of aromatic amines is 1. The molecule has 0 aliphatic carbocycles. The molecule has 186 valence electrons. The lowest BCUT2D eigenvalue weighted by Gasteiger charge is -2.34. The minimum atomic E-state index is -0.261. The summed E-state index contributed by atoms with van der Waals surface area (Å²) in [4.78, 5) is 29.5. The van der Waals surface area contributed by atoms with Crippen molar-refractivity contribution >= 4 is 33.1 Å². The highest BCUT2D eigenvalue weighted by molar-refractivity contribution is 6.02. The van der Waals surface area contributed by atoms with Crippen molar-refractivity contribution in [3.63, 3.8) is 0 Å². The molecule has 1 saturated heterocycles. The highest BCUT2D eigenvalue weighted by Gasteiger charge is 2.20. The summed E-state index contributed by atoms with van der Waals surface area (Å²) < 4.78 is 9.77. The van der Waals surface area contributed by atoms with Crippen LogP contribution in [-0.4, -0.2) is 77.0 Å². The Morgan fingerprint density at radius 1 is 1.00 bits per heavy atom. The summed E-state index contributed by atoms with van der Waals surface area (Å²) in [6.07, 6.45) is 5.65. The van der Waals surface area contributed by atoms with Crippen LogP contribution >= 0.6 is 0 Å². The largest absolute Gasteiger partial charge is 0.449 e. The van der Waals surface area contributed by atoms with Gasteiger partial charge in [0.15, 0.2) is 0 Å². The van der Waals surface area contributed by atoms with Crippen LogP contribution in [0.5, 0.6) is 0 Å². The predicted octanol–water partition coefficient (Wildman–Crippen LogP) is 2.42. The van der Waals surface area contributed by atoms with Gasteiger partial charge in [-0.3, -0.25) is 14.6 Å². The number of nitrogens with zero attached hydrogens (tertiary/aromatic N) is 8. The van der Waals surface area contributed by atoms with Gasteiger partial charge in [0, 0.05) is 57.0 Å². The van der Waals surface area contributed by atoms with Crippen LogP contribution in [0.15, 0.2) is 70.4 Å². The number of H-pyrrole nitrogens is 1. The van der Waals surface area contributed by atoms with Gasteiger partial charge in [-0.05, 0) is 30.3 Å². The Bertz CT molecular complexity index is 1760. The summed E-state index contributed by atoms with van der Waals surface area (Å²) in [5.74, 6) is 0.642. The molecule has 0 radical (unpaired) electrons. The van der Waals surface area contributed by atoms with E-state index >= 15 is 0 Å². The first kappa shape index (κ1) is 21.9. The number of hydrogen-bond acceptors (Lipinski definition) is 8. The van der Waals surface area contributed by atoms with E-state index in [4.69, 9.17) is 9.40 Å². The maximum absolute atomic E-state index is 12.9. The third-order valence-corrected chi connectivity index (χ3v) is 7.02. The molecular formula is C26H25N9O2. The molecule has 37 heavy (non-hydrogen) atoms. The molecule has 11 nitrogen and oxygen atoms in total. The lowest BCUT2D eigenvalue weighted by Crippen LogP contribution is -2.47. The Morgan fingerprint density at radius 3 is 2.73 bits per heavy atom. The van der Waals surface area contributed by atoms with E-state index in [0.717, 1.165) is 61.4 Å². The van der Waals surface area contributed by atoms with Crippen LogP contribution in [0.1, 0.15) is 5.82 Å². The molecule has 1 N–H and O–H groups in total. The topological polar surface area (TPSA) is 114 Å². The number of rotatable bonds is 6. The molecule has 6 aromatic rings. The Kier molecular flexibility index (Phi) is 5.29. The van der Waals surface area contributed by atoms with E-state index in [-0.39, 0.29) is 11.1 Å². The molecule has 0 atom stereocenters. The van der Waals surface area contributed by atoms with Crippen LogP contribution in [-0.2, 0) is 13.1 Å². The summed E-state index contributed by atoms with van der Waals surface area (Å²) in [6.45, 7) is 6.31. The van der Waals surface area contributed by atoms with Crippen molar-refractivity contribution in [3.8, 4) is 5.69 Å². The van der Waals surface area contributed by atoms with Gasteiger partial charge in [-0.1, -0.05) is 17.3 Å².